The molecule has 0 aromatic heterocycles. The number of carbonyl (C=O) groups excluding carboxylic acids is 1. The number of halogens is 4. The van der Waals surface area contributed by atoms with Crippen LogP contribution in [0.25, 0.3) is 5.57 Å². The molecule has 7 heteroatoms. The first-order valence-corrected chi connectivity index (χ1v) is 5.66. The van der Waals surface area contributed by atoms with Gasteiger partial charge in [0.25, 0.3) is 0 Å². The summed E-state index contributed by atoms with van der Waals surface area (Å²) >= 11 is 0. The summed E-state index contributed by atoms with van der Waals surface area (Å²) in [6, 6.07) is 1.96. The number of ketones is 1. The van der Waals surface area contributed by atoms with Crippen LogP contribution >= 0.6 is 0 Å². The Morgan fingerprint density at radius 3 is 2.45 bits per heavy atom. The third-order valence-electron chi connectivity index (χ3n) is 2.80. The molecule has 1 aliphatic rings. The minimum Gasteiger partial charge on any atom is -0.470 e. The van der Waals surface area contributed by atoms with Crippen LogP contribution in [0.15, 0.2) is 24.1 Å². The van der Waals surface area contributed by atoms with Crippen molar-refractivity contribution in [2.45, 2.75) is 6.18 Å². The predicted molar refractivity (Wildman–Crippen MR) is 63.0 cm³/mol. The molecule has 0 bridgehead atoms. The second-order valence-corrected chi connectivity index (χ2v) is 4.48. The average Bonchev–Trinajstić information content (AvgIpc) is 2.70. The first kappa shape index (κ1) is 14.4. The van der Waals surface area contributed by atoms with Crippen LogP contribution in [0, 0.1) is 5.82 Å². The van der Waals surface area contributed by atoms with E-state index in [0.717, 1.165) is 0 Å². The summed E-state index contributed by atoms with van der Waals surface area (Å²) in [5.41, 5.74) is -1.58. The fraction of sp³-hybridized carbons (Fsp3) is 0.308. The van der Waals surface area contributed by atoms with Gasteiger partial charge in [-0.15, -0.1) is 0 Å². The summed E-state index contributed by atoms with van der Waals surface area (Å²) in [4.78, 5) is 13.2. The first-order valence-electron chi connectivity index (χ1n) is 5.66. The lowest BCUT2D eigenvalue weighted by molar-refractivity contribution is -0.137. The van der Waals surface area contributed by atoms with Crippen molar-refractivity contribution in [3.63, 3.8) is 0 Å². The van der Waals surface area contributed by atoms with E-state index in [4.69, 9.17) is 4.74 Å². The minimum atomic E-state index is -4.61. The molecule has 1 aromatic rings. The Kier molecular flexibility index (Phi) is 3.45. The predicted octanol–water partition coefficient (Wildman–Crippen LogP) is 2.67. The molecule has 20 heavy (non-hydrogen) atoms. The van der Waals surface area contributed by atoms with Gasteiger partial charge < -0.3 is 9.64 Å². The van der Waals surface area contributed by atoms with Gasteiger partial charge in [-0.05, 0) is 18.2 Å². The Labute approximate surface area is 112 Å². The molecule has 0 fully saturated rings. The molecule has 3 nitrogen and oxygen atoms in total. The van der Waals surface area contributed by atoms with Crippen LogP contribution in [0.2, 0.25) is 0 Å². The van der Waals surface area contributed by atoms with Gasteiger partial charge in [0.2, 0.25) is 11.7 Å². The Balaban J connectivity index is 2.62. The van der Waals surface area contributed by atoms with Gasteiger partial charge in [-0.25, -0.2) is 4.39 Å². The number of rotatable bonds is 2. The Morgan fingerprint density at radius 2 is 1.90 bits per heavy atom. The monoisotopic (exact) mass is 289 g/mol. The van der Waals surface area contributed by atoms with Crippen LogP contribution in [0.4, 0.5) is 17.6 Å². The average molecular weight is 289 g/mol. The summed E-state index contributed by atoms with van der Waals surface area (Å²) < 4.78 is 56.9. The van der Waals surface area contributed by atoms with Crippen molar-refractivity contribution in [2.75, 3.05) is 20.7 Å². The SMILES string of the molecule is CN(C)C1=C(c2cc(C(F)(F)F)ccc2F)C(=O)CO1. The largest absolute Gasteiger partial charge is 0.470 e. The lowest BCUT2D eigenvalue weighted by Crippen LogP contribution is -2.13. The minimum absolute atomic E-state index is 0.0632. The number of hydrogen-bond donors (Lipinski definition) is 0. The van der Waals surface area contributed by atoms with E-state index in [-0.39, 0.29) is 18.1 Å². The van der Waals surface area contributed by atoms with Gasteiger partial charge in [-0.2, -0.15) is 13.2 Å². The second-order valence-electron chi connectivity index (χ2n) is 4.48. The summed E-state index contributed by atoms with van der Waals surface area (Å²) in [5, 5.41) is 0. The van der Waals surface area contributed by atoms with Crippen molar-refractivity contribution < 1.29 is 27.1 Å². The zero-order valence-corrected chi connectivity index (χ0v) is 10.7. The van der Waals surface area contributed by atoms with Gasteiger partial charge in [0.15, 0.2) is 6.61 Å². The fourth-order valence-corrected chi connectivity index (χ4v) is 1.91. The van der Waals surface area contributed by atoms with Crippen molar-refractivity contribution in [1.82, 2.24) is 4.90 Å². The number of hydrogen-bond acceptors (Lipinski definition) is 3. The van der Waals surface area contributed by atoms with Crippen LogP contribution in [-0.4, -0.2) is 31.4 Å². The quantitative estimate of drug-likeness (QED) is 0.784. The van der Waals surface area contributed by atoms with Crippen molar-refractivity contribution in [3.05, 3.63) is 41.0 Å². The number of carbonyl (C=O) groups is 1. The normalized spacial score (nSPS) is 15.6. The highest BCUT2D eigenvalue weighted by Crippen LogP contribution is 2.35. The molecule has 0 aliphatic carbocycles. The van der Waals surface area contributed by atoms with E-state index in [1.165, 1.54) is 4.90 Å². The highest BCUT2D eigenvalue weighted by atomic mass is 19.4. The first-order chi connectivity index (χ1) is 9.21. The van der Waals surface area contributed by atoms with Gasteiger partial charge in [-0.3, -0.25) is 4.79 Å². The molecule has 0 saturated carbocycles. The van der Waals surface area contributed by atoms with Gasteiger partial charge in [0, 0.05) is 19.7 Å². The molecular formula is C13H11F4NO2. The third-order valence-corrected chi connectivity index (χ3v) is 2.80. The summed E-state index contributed by atoms with van der Waals surface area (Å²) in [6.07, 6.45) is -4.61. The number of nitrogens with zero attached hydrogens (tertiary/aromatic N) is 1. The van der Waals surface area contributed by atoms with E-state index in [1.807, 2.05) is 0 Å². The lowest BCUT2D eigenvalue weighted by Gasteiger charge is -2.15. The highest BCUT2D eigenvalue weighted by Gasteiger charge is 2.34. The summed E-state index contributed by atoms with van der Waals surface area (Å²) in [5.74, 6) is -1.38. The van der Waals surface area contributed by atoms with Crippen molar-refractivity contribution in [2.24, 2.45) is 0 Å². The maximum Gasteiger partial charge on any atom is 0.416 e. The molecule has 0 radical (unpaired) electrons. The van der Waals surface area contributed by atoms with Crippen molar-refractivity contribution in [1.29, 1.82) is 0 Å². The number of alkyl halides is 3. The Morgan fingerprint density at radius 1 is 1.25 bits per heavy atom. The molecule has 2 rings (SSSR count). The molecule has 0 amide bonds. The topological polar surface area (TPSA) is 29.5 Å². The van der Waals surface area contributed by atoms with Crippen LogP contribution in [0.1, 0.15) is 11.1 Å². The van der Waals surface area contributed by atoms with E-state index in [0.29, 0.717) is 18.2 Å². The van der Waals surface area contributed by atoms with E-state index in [9.17, 15) is 22.4 Å². The van der Waals surface area contributed by atoms with E-state index in [1.54, 1.807) is 14.1 Å². The molecular weight excluding hydrogens is 278 g/mol. The molecule has 0 atom stereocenters. The molecule has 1 aliphatic heterocycles. The molecule has 108 valence electrons. The van der Waals surface area contributed by atoms with Crippen LogP contribution in [0.3, 0.4) is 0 Å². The summed E-state index contributed by atoms with van der Waals surface area (Å²) in [7, 11) is 3.11. The van der Waals surface area contributed by atoms with E-state index < -0.39 is 28.9 Å². The van der Waals surface area contributed by atoms with Crippen LogP contribution in [-0.2, 0) is 15.7 Å². The number of Topliss-reactive ketones (excluding diaryl/α,β-unsaturated/α-hetero) is 1. The van der Waals surface area contributed by atoms with E-state index in [2.05, 4.69) is 0 Å². The van der Waals surface area contributed by atoms with Gasteiger partial charge in [0.05, 0.1) is 11.1 Å². The zero-order chi connectivity index (χ0) is 15.1. The van der Waals surface area contributed by atoms with Crippen molar-refractivity contribution >= 4 is 11.4 Å². The number of benzene rings is 1. The standard InChI is InChI=1S/C13H11F4NO2/c1-18(2)12-11(10(19)6-20-12)8-5-7(13(15,16)17)3-4-9(8)14/h3-5H,6H2,1-2H3. The molecule has 1 aromatic carbocycles. The second kappa shape index (κ2) is 4.81. The van der Waals surface area contributed by atoms with Gasteiger partial charge in [0.1, 0.15) is 5.82 Å². The number of ether oxygens (including phenoxy) is 1. The molecule has 0 N–H and O–H groups in total. The molecule has 0 spiro atoms. The van der Waals surface area contributed by atoms with Gasteiger partial charge >= 0.3 is 6.18 Å². The molecule has 1 heterocycles. The lowest BCUT2D eigenvalue weighted by atomic mass is 10.00. The Bertz CT molecular complexity index is 591. The Hall–Kier alpha value is -2.05. The van der Waals surface area contributed by atoms with Crippen LogP contribution in [0.5, 0.6) is 0 Å². The molecule has 0 saturated heterocycles. The van der Waals surface area contributed by atoms with E-state index >= 15 is 0 Å². The summed E-state index contributed by atoms with van der Waals surface area (Å²) in [6.45, 7) is -0.307. The highest BCUT2D eigenvalue weighted by molar-refractivity contribution is 6.23. The van der Waals surface area contributed by atoms with Crippen molar-refractivity contribution in [3.8, 4) is 0 Å². The molecule has 0 unspecified atom stereocenters. The zero-order valence-electron chi connectivity index (χ0n) is 10.7. The van der Waals surface area contributed by atoms with Gasteiger partial charge in [-0.1, -0.05) is 0 Å². The van der Waals surface area contributed by atoms with Crippen LogP contribution < -0.4 is 0 Å². The maximum absolute atomic E-state index is 13.8. The third kappa shape index (κ3) is 2.48. The maximum atomic E-state index is 13.8. The smallest absolute Gasteiger partial charge is 0.416 e. The fourth-order valence-electron chi connectivity index (χ4n) is 1.91.